The number of hydrogen-bond acceptors (Lipinski definition) is 3. The second kappa shape index (κ2) is 5.40. The maximum absolute atomic E-state index is 9.39. The zero-order valence-electron chi connectivity index (χ0n) is 10.3. The summed E-state index contributed by atoms with van der Waals surface area (Å²) in [5.41, 5.74) is -0.658. The molecule has 0 saturated carbocycles. The summed E-state index contributed by atoms with van der Waals surface area (Å²) >= 11 is 5.08. The highest BCUT2D eigenvalue weighted by atomic mass is 79.9. The van der Waals surface area contributed by atoms with E-state index in [1.807, 2.05) is 50.3 Å². The number of thiophene rings is 1. The van der Waals surface area contributed by atoms with E-state index in [2.05, 4.69) is 22.0 Å². The summed E-state index contributed by atoms with van der Waals surface area (Å²) in [7, 11) is 0. The van der Waals surface area contributed by atoms with E-state index < -0.39 is 5.60 Å². The lowest BCUT2D eigenvalue weighted by Crippen LogP contribution is -2.37. The molecule has 0 aliphatic heterocycles. The van der Waals surface area contributed by atoms with Crippen LogP contribution in [0.2, 0.25) is 0 Å². The van der Waals surface area contributed by atoms with Crippen molar-refractivity contribution in [2.45, 2.75) is 25.6 Å². The van der Waals surface area contributed by atoms with Gasteiger partial charge in [0.2, 0.25) is 0 Å². The first-order valence-electron chi connectivity index (χ1n) is 5.78. The second-order valence-corrected chi connectivity index (χ2v) is 6.88. The molecule has 1 aliphatic carbocycles. The van der Waals surface area contributed by atoms with Crippen molar-refractivity contribution in [1.29, 1.82) is 5.26 Å². The van der Waals surface area contributed by atoms with Crippen LogP contribution in [0.15, 0.2) is 40.2 Å². The van der Waals surface area contributed by atoms with Gasteiger partial charge < -0.3 is 4.74 Å². The lowest BCUT2D eigenvalue weighted by Gasteiger charge is -2.36. The zero-order valence-corrected chi connectivity index (χ0v) is 12.7. The van der Waals surface area contributed by atoms with Crippen LogP contribution in [0.5, 0.6) is 0 Å². The predicted molar refractivity (Wildman–Crippen MR) is 77.3 cm³/mol. The van der Waals surface area contributed by atoms with Crippen molar-refractivity contribution in [3.8, 4) is 6.07 Å². The highest BCUT2D eigenvalue weighted by molar-refractivity contribution is 9.11. The molecule has 0 aromatic carbocycles. The summed E-state index contributed by atoms with van der Waals surface area (Å²) in [4.78, 5) is 1.05. The quantitative estimate of drug-likeness (QED) is 0.826. The Bertz CT molecular complexity index is 526. The van der Waals surface area contributed by atoms with Crippen molar-refractivity contribution < 1.29 is 4.74 Å². The molecule has 0 radical (unpaired) electrons. The predicted octanol–water partition coefficient (Wildman–Crippen LogP) is 4.40. The van der Waals surface area contributed by atoms with E-state index in [4.69, 9.17) is 4.74 Å². The third-order valence-electron chi connectivity index (χ3n) is 2.75. The molecule has 1 aliphatic rings. The van der Waals surface area contributed by atoms with Gasteiger partial charge in [0, 0.05) is 4.88 Å². The Balaban J connectivity index is 2.50. The molecule has 0 N–H and O–H groups in total. The summed E-state index contributed by atoms with van der Waals surface area (Å²) in [6, 6.07) is 6.35. The maximum atomic E-state index is 9.39. The van der Waals surface area contributed by atoms with Crippen LogP contribution in [0.4, 0.5) is 0 Å². The van der Waals surface area contributed by atoms with E-state index in [1.165, 1.54) is 0 Å². The molecule has 1 aromatic rings. The summed E-state index contributed by atoms with van der Waals surface area (Å²) < 4.78 is 7.16. The number of ether oxygens (including phenoxy) is 1. The Morgan fingerprint density at radius 2 is 2.22 bits per heavy atom. The normalized spacial score (nSPS) is 26.5. The van der Waals surface area contributed by atoms with E-state index in [0.29, 0.717) is 0 Å². The fourth-order valence-electron chi connectivity index (χ4n) is 2.08. The molecule has 1 heterocycles. The molecule has 4 heteroatoms. The molecular formula is C14H14BrNOS. The summed E-state index contributed by atoms with van der Waals surface area (Å²) in [5.74, 6) is -0.296. The van der Waals surface area contributed by atoms with Crippen LogP contribution in [0, 0.1) is 17.2 Å². The molecule has 2 nitrogen and oxygen atoms in total. The fourth-order valence-corrected chi connectivity index (χ4v) is 3.62. The number of halogens is 1. The molecule has 0 bridgehead atoms. The first-order valence-corrected chi connectivity index (χ1v) is 7.38. The van der Waals surface area contributed by atoms with Crippen LogP contribution in [0.25, 0.3) is 0 Å². The number of rotatable bonds is 3. The molecular weight excluding hydrogens is 310 g/mol. The number of hydrogen-bond donors (Lipinski definition) is 0. The van der Waals surface area contributed by atoms with Gasteiger partial charge in [0.1, 0.15) is 11.5 Å². The van der Waals surface area contributed by atoms with E-state index in [9.17, 15) is 5.26 Å². The molecule has 0 amide bonds. The Morgan fingerprint density at radius 1 is 1.44 bits per heavy atom. The van der Waals surface area contributed by atoms with Crippen LogP contribution in [-0.2, 0) is 10.3 Å². The third-order valence-corrected chi connectivity index (χ3v) is 4.50. The Hall–Kier alpha value is -0.890. The molecule has 2 rings (SSSR count). The van der Waals surface area contributed by atoms with Crippen LogP contribution in [0.1, 0.15) is 18.7 Å². The van der Waals surface area contributed by atoms with E-state index in [-0.39, 0.29) is 12.0 Å². The highest BCUT2D eigenvalue weighted by Crippen LogP contribution is 2.43. The van der Waals surface area contributed by atoms with Crippen LogP contribution in [-0.4, -0.2) is 6.10 Å². The topological polar surface area (TPSA) is 33.0 Å². The smallest absolute Gasteiger partial charge is 0.140 e. The second-order valence-electron chi connectivity index (χ2n) is 4.41. The van der Waals surface area contributed by atoms with Gasteiger partial charge in [0.05, 0.1) is 16.0 Å². The standard InChI is InChI=1S/C14H14BrNOS/c1-10(2)17-14(12-6-7-13(15)18-12)8-4-3-5-11(14)9-16/h3-8,10-11H,1-2H3. The minimum Gasteiger partial charge on any atom is -0.361 e. The molecule has 2 unspecified atom stereocenters. The Kier molecular flexibility index (Phi) is 4.06. The van der Waals surface area contributed by atoms with Gasteiger partial charge in [-0.05, 0) is 48.0 Å². The van der Waals surface area contributed by atoms with Crippen LogP contribution >= 0.6 is 27.3 Å². The van der Waals surface area contributed by atoms with Gasteiger partial charge in [-0.3, -0.25) is 0 Å². The van der Waals surface area contributed by atoms with E-state index >= 15 is 0 Å². The Labute approximate surface area is 120 Å². The average molecular weight is 324 g/mol. The van der Waals surface area contributed by atoms with Crippen molar-refractivity contribution in [1.82, 2.24) is 0 Å². The van der Waals surface area contributed by atoms with Gasteiger partial charge in [0.15, 0.2) is 0 Å². The first-order chi connectivity index (χ1) is 8.58. The number of nitrogens with zero attached hydrogens (tertiary/aromatic N) is 1. The molecule has 0 fully saturated rings. The fraction of sp³-hybridized carbons (Fsp3) is 0.357. The average Bonchev–Trinajstić information content (AvgIpc) is 2.76. The third kappa shape index (κ3) is 2.44. The molecule has 1 aromatic heterocycles. The number of nitriles is 1. The monoisotopic (exact) mass is 323 g/mol. The van der Waals surface area contributed by atoms with Gasteiger partial charge >= 0.3 is 0 Å². The highest BCUT2D eigenvalue weighted by Gasteiger charge is 2.41. The van der Waals surface area contributed by atoms with Crippen molar-refractivity contribution >= 4 is 27.3 Å². The molecule has 94 valence electrons. The van der Waals surface area contributed by atoms with Gasteiger partial charge in [-0.25, -0.2) is 0 Å². The van der Waals surface area contributed by atoms with E-state index in [1.54, 1.807) is 11.3 Å². The summed E-state index contributed by atoms with van der Waals surface area (Å²) in [6.07, 6.45) is 7.79. The first kappa shape index (κ1) is 13.5. The lowest BCUT2D eigenvalue weighted by atomic mass is 9.83. The summed E-state index contributed by atoms with van der Waals surface area (Å²) in [6.45, 7) is 3.98. The SMILES string of the molecule is CC(C)OC1(c2ccc(Br)s2)C=CC=CC1C#N. The number of allylic oxidation sites excluding steroid dienone is 2. The van der Waals surface area contributed by atoms with Crippen LogP contribution < -0.4 is 0 Å². The van der Waals surface area contributed by atoms with Crippen molar-refractivity contribution in [2.75, 3.05) is 0 Å². The maximum Gasteiger partial charge on any atom is 0.140 e. The molecule has 18 heavy (non-hydrogen) atoms. The van der Waals surface area contributed by atoms with E-state index in [0.717, 1.165) is 8.66 Å². The van der Waals surface area contributed by atoms with Gasteiger partial charge in [0.25, 0.3) is 0 Å². The minimum absolute atomic E-state index is 0.0536. The van der Waals surface area contributed by atoms with Crippen molar-refractivity contribution in [2.24, 2.45) is 5.92 Å². The lowest BCUT2D eigenvalue weighted by molar-refractivity contribution is -0.0647. The van der Waals surface area contributed by atoms with Gasteiger partial charge in [-0.2, -0.15) is 5.26 Å². The largest absolute Gasteiger partial charge is 0.361 e. The molecule has 0 saturated heterocycles. The van der Waals surface area contributed by atoms with Crippen molar-refractivity contribution in [3.05, 3.63) is 45.1 Å². The van der Waals surface area contributed by atoms with Crippen LogP contribution in [0.3, 0.4) is 0 Å². The van der Waals surface area contributed by atoms with Crippen molar-refractivity contribution in [3.63, 3.8) is 0 Å². The van der Waals surface area contributed by atoms with Gasteiger partial charge in [-0.15, -0.1) is 11.3 Å². The Morgan fingerprint density at radius 3 is 2.78 bits per heavy atom. The van der Waals surface area contributed by atoms with Gasteiger partial charge in [-0.1, -0.05) is 18.2 Å². The minimum atomic E-state index is -0.658. The summed E-state index contributed by atoms with van der Waals surface area (Å²) in [5, 5.41) is 9.39. The molecule has 2 atom stereocenters. The molecule has 0 spiro atoms. The zero-order chi connectivity index (χ0) is 13.2.